The maximum atomic E-state index is 3.00. The van der Waals surface area contributed by atoms with Crippen molar-refractivity contribution in [1.82, 2.24) is 0 Å². The number of rotatable bonds is 4. The average Bonchev–Trinajstić information content (AvgIpc) is 2.03. The van der Waals surface area contributed by atoms with E-state index in [-0.39, 0.29) is 0 Å². The highest BCUT2D eigenvalue weighted by molar-refractivity contribution is 5.14. The predicted octanol–water partition coefficient (Wildman–Crippen LogP) is 3.54. The molecule has 0 aromatic heterocycles. The monoisotopic (exact) mass is 150 g/mol. The molecule has 0 aliphatic heterocycles. The van der Waals surface area contributed by atoms with Crippen molar-refractivity contribution in [2.24, 2.45) is 0 Å². The third-order valence-corrected chi connectivity index (χ3v) is 1.45. The molecule has 0 unspecified atom stereocenters. The van der Waals surface area contributed by atoms with Crippen LogP contribution in [-0.2, 0) is 0 Å². The lowest BCUT2D eigenvalue weighted by atomic mass is 10.2. The summed E-state index contributed by atoms with van der Waals surface area (Å²) in [6, 6.07) is 0. The van der Waals surface area contributed by atoms with E-state index in [1.165, 1.54) is 25.7 Å². The largest absolute Gasteiger partial charge is 0.0988 e. The summed E-state index contributed by atoms with van der Waals surface area (Å²) in [7, 11) is 0. The second-order valence-corrected chi connectivity index (χ2v) is 2.57. The molecule has 0 N–H and O–H groups in total. The number of hydrogen-bond acceptors (Lipinski definition) is 0. The zero-order valence-electron chi connectivity index (χ0n) is 7.69. The molecule has 0 aromatic rings. The van der Waals surface area contributed by atoms with Gasteiger partial charge in [0.25, 0.3) is 0 Å². The third-order valence-electron chi connectivity index (χ3n) is 1.45. The molecule has 0 rings (SSSR count). The van der Waals surface area contributed by atoms with Gasteiger partial charge >= 0.3 is 0 Å². The first kappa shape index (κ1) is 10.3. The highest BCUT2D eigenvalue weighted by Crippen LogP contribution is 1.98. The Balaban J connectivity index is 3.16. The maximum absolute atomic E-state index is 3.00. The van der Waals surface area contributed by atoms with Crippen LogP contribution in [-0.4, -0.2) is 0 Å². The Morgan fingerprint density at radius 1 is 1.18 bits per heavy atom. The van der Waals surface area contributed by atoms with Crippen LogP contribution in [0.1, 0.15) is 46.0 Å². The van der Waals surface area contributed by atoms with Gasteiger partial charge in [-0.15, -0.1) is 0 Å². The van der Waals surface area contributed by atoms with Gasteiger partial charge in [-0.3, -0.25) is 0 Å². The molecule has 0 heterocycles. The second-order valence-electron chi connectivity index (χ2n) is 2.57. The lowest BCUT2D eigenvalue weighted by molar-refractivity contribution is 0.729. The summed E-state index contributed by atoms with van der Waals surface area (Å²) < 4.78 is 0. The summed E-state index contributed by atoms with van der Waals surface area (Å²) in [4.78, 5) is 0. The van der Waals surface area contributed by atoms with Crippen molar-refractivity contribution in [1.29, 1.82) is 0 Å². The van der Waals surface area contributed by atoms with Gasteiger partial charge in [0.05, 0.1) is 0 Å². The van der Waals surface area contributed by atoms with Crippen LogP contribution in [0.4, 0.5) is 0 Å². The minimum Gasteiger partial charge on any atom is -0.0988 e. The zero-order valence-corrected chi connectivity index (χ0v) is 7.69. The first-order chi connectivity index (χ1) is 5.41. The van der Waals surface area contributed by atoms with Crippen LogP contribution in [0.25, 0.3) is 0 Å². The van der Waals surface area contributed by atoms with Gasteiger partial charge in [-0.2, -0.15) is 0 Å². The molecule has 0 saturated heterocycles. The Hall–Kier alpha value is -0.700. The van der Waals surface area contributed by atoms with Crippen molar-refractivity contribution in [2.75, 3.05) is 0 Å². The topological polar surface area (TPSA) is 0 Å². The summed E-state index contributed by atoms with van der Waals surface area (Å²) in [5, 5.41) is 0. The van der Waals surface area contributed by atoms with E-state index in [1.54, 1.807) is 0 Å². The fourth-order valence-electron chi connectivity index (χ4n) is 0.815. The van der Waals surface area contributed by atoms with Crippen LogP contribution >= 0.6 is 0 Å². The molecule has 0 nitrogen and oxygen atoms in total. The minimum atomic E-state index is 0.958. The summed E-state index contributed by atoms with van der Waals surface area (Å²) in [5.74, 6) is 5.98. The van der Waals surface area contributed by atoms with Gasteiger partial charge in [-0.25, -0.2) is 0 Å². The zero-order chi connectivity index (χ0) is 8.36. The first-order valence-corrected chi connectivity index (χ1v) is 4.55. The molecule has 0 atom stereocenters. The van der Waals surface area contributed by atoms with Crippen LogP contribution in [0.2, 0.25) is 0 Å². The van der Waals surface area contributed by atoms with Crippen molar-refractivity contribution >= 4 is 0 Å². The van der Waals surface area contributed by atoms with E-state index in [2.05, 4.69) is 31.8 Å². The maximum Gasteiger partial charge on any atom is 0.00637 e. The Morgan fingerprint density at radius 2 is 2.00 bits per heavy atom. The summed E-state index contributed by atoms with van der Waals surface area (Å²) >= 11 is 0. The fourth-order valence-corrected chi connectivity index (χ4v) is 0.815. The van der Waals surface area contributed by atoms with E-state index >= 15 is 0 Å². The average molecular weight is 150 g/mol. The SMILES string of the molecule is CCC#C/C=C/CCCCC. The van der Waals surface area contributed by atoms with Crippen molar-refractivity contribution < 1.29 is 0 Å². The quantitative estimate of drug-likeness (QED) is 0.425. The Kier molecular flexibility index (Phi) is 8.71. The fraction of sp³-hybridized carbons (Fsp3) is 0.636. The van der Waals surface area contributed by atoms with Gasteiger partial charge in [-0.1, -0.05) is 44.6 Å². The number of hydrogen-bond donors (Lipinski definition) is 0. The van der Waals surface area contributed by atoms with Crippen LogP contribution in [0, 0.1) is 11.8 Å². The molecule has 0 heteroatoms. The van der Waals surface area contributed by atoms with E-state index in [4.69, 9.17) is 0 Å². The van der Waals surface area contributed by atoms with E-state index < -0.39 is 0 Å². The second kappa shape index (κ2) is 9.30. The molecule has 0 bridgehead atoms. The predicted molar refractivity (Wildman–Crippen MR) is 51.3 cm³/mol. The van der Waals surface area contributed by atoms with Gasteiger partial charge in [-0.05, 0) is 18.9 Å². The van der Waals surface area contributed by atoms with E-state index in [1.807, 2.05) is 6.08 Å². The highest BCUT2D eigenvalue weighted by Gasteiger charge is 1.79. The molecule has 0 aliphatic rings. The summed E-state index contributed by atoms with van der Waals surface area (Å²) in [6.45, 7) is 4.29. The van der Waals surface area contributed by atoms with E-state index in [0.717, 1.165) is 6.42 Å². The summed E-state index contributed by atoms with van der Waals surface area (Å²) in [5.41, 5.74) is 0. The number of unbranched alkanes of at least 4 members (excludes halogenated alkanes) is 3. The van der Waals surface area contributed by atoms with Gasteiger partial charge in [0.1, 0.15) is 0 Å². The molecule has 0 amide bonds. The molecular formula is C11H18. The smallest absolute Gasteiger partial charge is 0.00637 e. The van der Waals surface area contributed by atoms with Gasteiger partial charge in [0, 0.05) is 6.42 Å². The molecule has 0 fully saturated rings. The van der Waals surface area contributed by atoms with E-state index in [0.29, 0.717) is 0 Å². The van der Waals surface area contributed by atoms with Crippen LogP contribution in [0.5, 0.6) is 0 Å². The van der Waals surface area contributed by atoms with Crippen molar-refractivity contribution in [3.63, 3.8) is 0 Å². The molecule has 0 spiro atoms. The van der Waals surface area contributed by atoms with Crippen molar-refractivity contribution in [3.05, 3.63) is 12.2 Å². The van der Waals surface area contributed by atoms with Crippen molar-refractivity contribution in [2.45, 2.75) is 46.0 Å². The van der Waals surface area contributed by atoms with Crippen LogP contribution in [0.3, 0.4) is 0 Å². The molecule has 0 aliphatic carbocycles. The molecule has 0 saturated carbocycles. The number of allylic oxidation sites excluding steroid dienone is 2. The van der Waals surface area contributed by atoms with Gasteiger partial charge in [0.15, 0.2) is 0 Å². The highest BCUT2D eigenvalue weighted by atomic mass is 13.8. The molecule has 0 aromatic carbocycles. The lowest BCUT2D eigenvalue weighted by Crippen LogP contribution is -1.69. The summed E-state index contributed by atoms with van der Waals surface area (Å²) in [6.07, 6.45) is 10.2. The van der Waals surface area contributed by atoms with Crippen molar-refractivity contribution in [3.8, 4) is 11.8 Å². The van der Waals surface area contributed by atoms with Crippen LogP contribution in [0.15, 0.2) is 12.2 Å². The first-order valence-electron chi connectivity index (χ1n) is 4.55. The molecule has 0 radical (unpaired) electrons. The molecule has 11 heavy (non-hydrogen) atoms. The third kappa shape index (κ3) is 9.30. The Labute approximate surface area is 70.7 Å². The van der Waals surface area contributed by atoms with Gasteiger partial charge in [0.2, 0.25) is 0 Å². The standard InChI is InChI=1S/C11H18/c1-3-5-7-9-11-10-8-6-4-2/h10-11H,3-5,7,9H2,1-2H3/b11-10+. The lowest BCUT2D eigenvalue weighted by Gasteiger charge is -1.88. The Bertz CT molecular complexity index is 143. The Morgan fingerprint density at radius 3 is 2.64 bits per heavy atom. The van der Waals surface area contributed by atoms with Gasteiger partial charge < -0.3 is 0 Å². The normalized spacial score (nSPS) is 9.64. The minimum absolute atomic E-state index is 0.958. The van der Waals surface area contributed by atoms with E-state index in [9.17, 15) is 0 Å². The molecule has 62 valence electrons. The molecular weight excluding hydrogens is 132 g/mol. The van der Waals surface area contributed by atoms with Crippen LogP contribution < -0.4 is 0 Å².